The number of benzene rings is 2. The minimum atomic E-state index is -0.243. The zero-order valence-electron chi connectivity index (χ0n) is 12.6. The lowest BCUT2D eigenvalue weighted by Crippen LogP contribution is -2.17. The molecule has 1 unspecified atom stereocenters. The Morgan fingerprint density at radius 1 is 1.00 bits per heavy atom. The van der Waals surface area contributed by atoms with Gasteiger partial charge in [0.2, 0.25) is 0 Å². The lowest BCUT2D eigenvalue weighted by molar-refractivity contribution is 0.106. The van der Waals surface area contributed by atoms with E-state index in [1.807, 2.05) is 12.1 Å². The van der Waals surface area contributed by atoms with Gasteiger partial charge in [-0.3, -0.25) is 0 Å². The fraction of sp³-hybridized carbons (Fsp3) is 0.333. The summed E-state index contributed by atoms with van der Waals surface area (Å²) >= 11 is 0. The van der Waals surface area contributed by atoms with Gasteiger partial charge in [0.1, 0.15) is 5.82 Å². The van der Waals surface area contributed by atoms with Crippen LogP contribution < -0.4 is 5.73 Å². The molecule has 2 aromatic carbocycles. The highest BCUT2D eigenvalue weighted by Crippen LogP contribution is 2.18. The molecule has 0 aliphatic carbocycles. The van der Waals surface area contributed by atoms with Crippen LogP contribution in [0, 0.1) is 5.82 Å². The predicted molar refractivity (Wildman–Crippen MR) is 83.5 cm³/mol. The molecule has 0 bridgehead atoms. The maximum absolute atomic E-state index is 13.4. The number of hydrogen-bond donors (Lipinski definition) is 1. The summed E-state index contributed by atoms with van der Waals surface area (Å²) in [6.07, 6.45) is 0. The van der Waals surface area contributed by atoms with E-state index in [9.17, 15) is 4.39 Å². The largest absolute Gasteiger partial charge is 0.375 e. The summed E-state index contributed by atoms with van der Waals surface area (Å²) in [7, 11) is 0. The molecule has 2 N–H and O–H groups in total. The third-order valence-corrected chi connectivity index (χ3v) is 3.54. The highest BCUT2D eigenvalue weighted by atomic mass is 19.1. The maximum Gasteiger partial charge on any atom is 0.128 e. The summed E-state index contributed by atoms with van der Waals surface area (Å²) in [4.78, 5) is 0. The third-order valence-electron chi connectivity index (χ3n) is 3.54. The van der Waals surface area contributed by atoms with Gasteiger partial charge < -0.3 is 10.5 Å². The topological polar surface area (TPSA) is 35.2 Å². The molecule has 21 heavy (non-hydrogen) atoms. The fourth-order valence-corrected chi connectivity index (χ4v) is 2.14. The van der Waals surface area contributed by atoms with Crippen molar-refractivity contribution in [1.29, 1.82) is 0 Å². The summed E-state index contributed by atoms with van der Waals surface area (Å²) in [6.45, 7) is 4.93. The highest BCUT2D eigenvalue weighted by molar-refractivity contribution is 5.26. The Kier molecular flexibility index (Phi) is 5.48. The maximum atomic E-state index is 13.4. The normalized spacial score (nSPS) is 12.6. The van der Waals surface area contributed by atoms with E-state index >= 15 is 0 Å². The number of hydrogen-bond acceptors (Lipinski definition) is 2. The zero-order valence-corrected chi connectivity index (χ0v) is 12.6. The van der Waals surface area contributed by atoms with Crippen molar-refractivity contribution in [3.63, 3.8) is 0 Å². The van der Waals surface area contributed by atoms with Gasteiger partial charge in [0.25, 0.3) is 0 Å². The first-order chi connectivity index (χ1) is 10.1. The molecule has 0 aliphatic heterocycles. The molecule has 2 nitrogen and oxygen atoms in total. The Hall–Kier alpha value is -1.71. The van der Waals surface area contributed by atoms with Crippen LogP contribution in [-0.4, -0.2) is 6.61 Å². The fourth-order valence-electron chi connectivity index (χ4n) is 2.14. The van der Waals surface area contributed by atoms with Crippen molar-refractivity contribution >= 4 is 0 Å². The Labute approximate surface area is 125 Å². The van der Waals surface area contributed by atoms with Crippen LogP contribution in [0.5, 0.6) is 0 Å². The van der Waals surface area contributed by atoms with Gasteiger partial charge in [-0.15, -0.1) is 0 Å². The molecule has 1 atom stereocenters. The van der Waals surface area contributed by atoms with Gasteiger partial charge in [-0.2, -0.15) is 0 Å². The summed E-state index contributed by atoms with van der Waals surface area (Å²) in [5, 5.41) is 0. The Balaban J connectivity index is 1.87. The van der Waals surface area contributed by atoms with Crippen LogP contribution in [0.25, 0.3) is 0 Å². The van der Waals surface area contributed by atoms with E-state index in [1.54, 1.807) is 18.2 Å². The van der Waals surface area contributed by atoms with E-state index in [0.29, 0.717) is 18.1 Å². The van der Waals surface area contributed by atoms with Crippen molar-refractivity contribution in [3.8, 4) is 0 Å². The number of ether oxygens (including phenoxy) is 1. The van der Waals surface area contributed by atoms with E-state index in [2.05, 4.69) is 26.0 Å². The Morgan fingerprint density at radius 3 is 2.24 bits per heavy atom. The van der Waals surface area contributed by atoms with Crippen LogP contribution in [0.1, 0.15) is 42.5 Å². The van der Waals surface area contributed by atoms with Crippen molar-refractivity contribution in [2.45, 2.75) is 32.4 Å². The molecule has 112 valence electrons. The molecule has 0 aromatic heterocycles. The van der Waals surface area contributed by atoms with Crippen molar-refractivity contribution < 1.29 is 9.13 Å². The minimum absolute atomic E-state index is 0.196. The first-order valence-corrected chi connectivity index (χ1v) is 7.24. The second-order valence-corrected chi connectivity index (χ2v) is 5.53. The molecule has 3 heteroatoms. The van der Waals surface area contributed by atoms with Crippen LogP contribution in [0.3, 0.4) is 0 Å². The molecule has 2 rings (SSSR count). The monoisotopic (exact) mass is 287 g/mol. The molecule has 0 saturated heterocycles. The molecular formula is C18H22FNO. The summed E-state index contributed by atoms with van der Waals surface area (Å²) < 4.78 is 19.0. The quantitative estimate of drug-likeness (QED) is 0.865. The van der Waals surface area contributed by atoms with Crippen molar-refractivity contribution in [3.05, 3.63) is 71.0 Å². The first-order valence-electron chi connectivity index (χ1n) is 7.24. The van der Waals surface area contributed by atoms with E-state index in [0.717, 1.165) is 5.56 Å². The van der Waals surface area contributed by atoms with Gasteiger partial charge in [0.15, 0.2) is 0 Å². The van der Waals surface area contributed by atoms with Crippen LogP contribution in [0.2, 0.25) is 0 Å². The highest BCUT2D eigenvalue weighted by Gasteiger charge is 2.08. The molecule has 0 saturated carbocycles. The predicted octanol–water partition coefficient (Wildman–Crippen LogP) is 4.17. The smallest absolute Gasteiger partial charge is 0.128 e. The molecule has 2 aromatic rings. The Morgan fingerprint density at radius 2 is 1.62 bits per heavy atom. The van der Waals surface area contributed by atoms with Gasteiger partial charge in [-0.1, -0.05) is 56.3 Å². The minimum Gasteiger partial charge on any atom is -0.375 e. The number of halogens is 1. The second-order valence-electron chi connectivity index (χ2n) is 5.53. The molecule has 0 aliphatic rings. The first kappa shape index (κ1) is 15.7. The summed E-state index contributed by atoms with van der Waals surface area (Å²) in [6, 6.07) is 14.7. The van der Waals surface area contributed by atoms with E-state index in [1.165, 1.54) is 11.6 Å². The number of nitrogens with two attached hydrogens (primary N) is 1. The summed E-state index contributed by atoms with van der Waals surface area (Å²) in [5.74, 6) is 0.264. The van der Waals surface area contributed by atoms with Gasteiger partial charge in [-0.05, 0) is 23.1 Å². The SMILES string of the molecule is CC(C)c1ccc(C(N)COCc2ccccc2F)cc1. The standard InChI is InChI=1S/C18H22FNO/c1-13(2)14-7-9-15(10-8-14)18(20)12-21-11-16-5-3-4-6-17(16)19/h3-10,13,18H,11-12,20H2,1-2H3. The third kappa shape index (κ3) is 4.38. The van der Waals surface area contributed by atoms with Crippen LogP contribution in [-0.2, 0) is 11.3 Å². The van der Waals surface area contributed by atoms with E-state index < -0.39 is 0 Å². The van der Waals surface area contributed by atoms with Crippen molar-refractivity contribution in [2.75, 3.05) is 6.61 Å². The lowest BCUT2D eigenvalue weighted by Gasteiger charge is -2.14. The van der Waals surface area contributed by atoms with Gasteiger partial charge in [0, 0.05) is 5.56 Å². The zero-order chi connectivity index (χ0) is 15.2. The number of rotatable bonds is 6. The average molecular weight is 287 g/mol. The van der Waals surface area contributed by atoms with Crippen molar-refractivity contribution in [2.24, 2.45) is 5.73 Å². The average Bonchev–Trinajstić information content (AvgIpc) is 2.49. The molecule has 0 radical (unpaired) electrons. The molecule has 0 amide bonds. The van der Waals surface area contributed by atoms with Gasteiger partial charge in [0.05, 0.1) is 19.3 Å². The van der Waals surface area contributed by atoms with E-state index in [4.69, 9.17) is 10.5 Å². The van der Waals surface area contributed by atoms with Crippen LogP contribution >= 0.6 is 0 Å². The van der Waals surface area contributed by atoms with Gasteiger partial charge >= 0.3 is 0 Å². The second kappa shape index (κ2) is 7.34. The molecule has 0 fully saturated rings. The van der Waals surface area contributed by atoms with Crippen LogP contribution in [0.4, 0.5) is 4.39 Å². The van der Waals surface area contributed by atoms with Crippen LogP contribution in [0.15, 0.2) is 48.5 Å². The molecular weight excluding hydrogens is 265 g/mol. The van der Waals surface area contributed by atoms with Gasteiger partial charge in [-0.25, -0.2) is 4.39 Å². The lowest BCUT2D eigenvalue weighted by atomic mass is 10.00. The van der Waals surface area contributed by atoms with Crippen molar-refractivity contribution in [1.82, 2.24) is 0 Å². The molecule has 0 spiro atoms. The summed E-state index contributed by atoms with van der Waals surface area (Å²) in [5.41, 5.74) is 8.99. The molecule has 0 heterocycles. The Bertz CT molecular complexity index is 566. The van der Waals surface area contributed by atoms with E-state index in [-0.39, 0.29) is 18.5 Å².